The van der Waals surface area contributed by atoms with Crippen LogP contribution in [0.5, 0.6) is 0 Å². The average molecular weight is 410 g/mol. The molecule has 1 amide bonds. The number of aliphatic hydroxyl groups is 1. The molecule has 0 spiro atoms. The number of aromatic nitrogens is 2. The van der Waals surface area contributed by atoms with Crippen molar-refractivity contribution in [3.05, 3.63) is 47.8 Å². The molecule has 1 aromatic carbocycles. The highest BCUT2D eigenvalue weighted by molar-refractivity contribution is 5.95. The first-order valence-corrected chi connectivity index (χ1v) is 10.1. The maximum atomic E-state index is 15.1. The lowest BCUT2D eigenvalue weighted by atomic mass is 9.87. The van der Waals surface area contributed by atoms with Crippen molar-refractivity contribution in [3.63, 3.8) is 0 Å². The zero-order valence-corrected chi connectivity index (χ0v) is 16.4. The van der Waals surface area contributed by atoms with E-state index >= 15 is 4.39 Å². The Balaban J connectivity index is 1.46. The Labute approximate surface area is 172 Å². The van der Waals surface area contributed by atoms with Gasteiger partial charge in [-0.2, -0.15) is 5.10 Å². The molecule has 1 fully saturated rings. The van der Waals surface area contributed by atoms with Gasteiger partial charge in [-0.15, -0.1) is 0 Å². The van der Waals surface area contributed by atoms with Crippen LogP contribution < -0.4 is 10.7 Å². The Morgan fingerprint density at radius 1 is 1.27 bits per heavy atom. The summed E-state index contributed by atoms with van der Waals surface area (Å²) in [5.41, 5.74) is 6.78. The van der Waals surface area contributed by atoms with Crippen molar-refractivity contribution < 1.29 is 14.3 Å². The number of hydrogen-bond acceptors (Lipinski definition) is 6. The van der Waals surface area contributed by atoms with Gasteiger partial charge in [0.1, 0.15) is 0 Å². The van der Waals surface area contributed by atoms with Gasteiger partial charge in [0.25, 0.3) is 0 Å². The molecule has 1 saturated carbocycles. The first-order chi connectivity index (χ1) is 14.5. The van der Waals surface area contributed by atoms with Crippen LogP contribution in [0.3, 0.4) is 0 Å². The number of rotatable bonds is 4. The second kappa shape index (κ2) is 7.24. The molecular weight excluding hydrogens is 387 g/mol. The molecule has 0 saturated heterocycles. The zero-order valence-electron chi connectivity index (χ0n) is 16.4. The van der Waals surface area contributed by atoms with E-state index in [2.05, 4.69) is 10.1 Å². The van der Waals surface area contributed by atoms with Crippen molar-refractivity contribution in [1.29, 1.82) is 0 Å². The van der Waals surface area contributed by atoms with Crippen molar-refractivity contribution in [2.75, 3.05) is 18.2 Å². The number of fused-ring (bicyclic) bond motifs is 2. The molecule has 3 heterocycles. The monoisotopic (exact) mass is 410 g/mol. The SMILES string of the molecule is NC(=O)C1=C2N=CC=CN2N(c2cc3cn(C4CCC(CO)CC4)nc3cc2F)C1. The van der Waals surface area contributed by atoms with E-state index in [1.54, 1.807) is 34.6 Å². The summed E-state index contributed by atoms with van der Waals surface area (Å²) in [7, 11) is 0. The number of carbonyl (C=O) groups is 1. The Bertz CT molecular complexity index is 1100. The van der Waals surface area contributed by atoms with E-state index in [1.165, 1.54) is 6.07 Å². The Hall–Kier alpha value is -3.20. The van der Waals surface area contributed by atoms with Gasteiger partial charge in [0.15, 0.2) is 11.6 Å². The number of aliphatic hydroxyl groups excluding tert-OH is 1. The second-order valence-electron chi connectivity index (χ2n) is 8.02. The number of benzene rings is 1. The first-order valence-electron chi connectivity index (χ1n) is 10.1. The number of nitrogens with zero attached hydrogens (tertiary/aromatic N) is 5. The third-order valence-corrected chi connectivity index (χ3v) is 6.18. The van der Waals surface area contributed by atoms with Crippen molar-refractivity contribution >= 4 is 28.7 Å². The number of allylic oxidation sites excluding steroid dienone is 1. The minimum atomic E-state index is -0.572. The number of halogens is 1. The average Bonchev–Trinajstić information content (AvgIpc) is 3.34. The molecule has 1 aliphatic carbocycles. The highest BCUT2D eigenvalue weighted by Crippen LogP contribution is 2.36. The molecule has 156 valence electrons. The summed E-state index contributed by atoms with van der Waals surface area (Å²) in [6.07, 6.45) is 10.8. The van der Waals surface area contributed by atoms with Crippen molar-refractivity contribution in [2.24, 2.45) is 16.6 Å². The fourth-order valence-corrected chi connectivity index (χ4v) is 4.49. The van der Waals surface area contributed by atoms with Crippen LogP contribution in [0.15, 0.2) is 47.0 Å². The van der Waals surface area contributed by atoms with E-state index in [4.69, 9.17) is 5.73 Å². The smallest absolute Gasteiger partial charge is 0.250 e. The molecule has 0 unspecified atom stereocenters. The molecular formula is C21H23FN6O2. The normalized spacial score (nSPS) is 23.5. The van der Waals surface area contributed by atoms with Crippen LogP contribution in [-0.2, 0) is 4.79 Å². The fourth-order valence-electron chi connectivity index (χ4n) is 4.49. The summed E-state index contributed by atoms with van der Waals surface area (Å²) in [6, 6.07) is 3.44. The third-order valence-electron chi connectivity index (χ3n) is 6.18. The molecule has 2 aromatic rings. The lowest BCUT2D eigenvalue weighted by Gasteiger charge is -2.30. The maximum absolute atomic E-state index is 15.1. The quantitative estimate of drug-likeness (QED) is 0.805. The summed E-state index contributed by atoms with van der Waals surface area (Å²) in [6.45, 7) is 0.380. The number of anilines is 1. The van der Waals surface area contributed by atoms with Crippen LogP contribution in [0.1, 0.15) is 31.7 Å². The van der Waals surface area contributed by atoms with Crippen LogP contribution in [0.4, 0.5) is 10.1 Å². The minimum absolute atomic E-state index is 0.147. The number of primary amides is 1. The number of hydrazine groups is 1. The van der Waals surface area contributed by atoms with Gasteiger partial charge in [0.05, 0.1) is 29.4 Å². The van der Waals surface area contributed by atoms with Crippen molar-refractivity contribution in [3.8, 4) is 0 Å². The van der Waals surface area contributed by atoms with E-state index in [9.17, 15) is 9.90 Å². The topological polar surface area (TPSA) is 100.0 Å². The summed E-state index contributed by atoms with van der Waals surface area (Å²) in [5.74, 6) is -0.213. The van der Waals surface area contributed by atoms with Gasteiger partial charge in [0.2, 0.25) is 5.91 Å². The molecule has 1 aromatic heterocycles. The molecule has 0 atom stereocenters. The molecule has 0 radical (unpaired) electrons. The largest absolute Gasteiger partial charge is 0.396 e. The zero-order chi connectivity index (χ0) is 20.8. The van der Waals surface area contributed by atoms with Crippen molar-refractivity contribution in [2.45, 2.75) is 31.7 Å². The Morgan fingerprint density at radius 3 is 2.80 bits per heavy atom. The van der Waals surface area contributed by atoms with Crippen LogP contribution in [-0.4, -0.2) is 45.2 Å². The summed E-state index contributed by atoms with van der Waals surface area (Å²) < 4.78 is 17.0. The molecule has 3 aliphatic rings. The van der Waals surface area contributed by atoms with Gasteiger partial charge in [0, 0.05) is 36.7 Å². The van der Waals surface area contributed by atoms with Crippen LogP contribution in [0.2, 0.25) is 0 Å². The van der Waals surface area contributed by atoms with E-state index in [1.807, 2.05) is 10.9 Å². The van der Waals surface area contributed by atoms with Gasteiger partial charge >= 0.3 is 0 Å². The summed E-state index contributed by atoms with van der Waals surface area (Å²) in [5, 5.41) is 18.1. The number of aliphatic imine (C=N–C) groups is 1. The molecule has 9 heteroatoms. The minimum Gasteiger partial charge on any atom is -0.396 e. The van der Waals surface area contributed by atoms with Crippen molar-refractivity contribution in [1.82, 2.24) is 14.8 Å². The Morgan fingerprint density at radius 2 is 2.07 bits per heavy atom. The molecule has 2 aliphatic heterocycles. The first kappa shape index (κ1) is 18.8. The molecule has 8 nitrogen and oxygen atoms in total. The van der Waals surface area contributed by atoms with E-state index < -0.39 is 11.7 Å². The number of amides is 1. The highest BCUT2D eigenvalue weighted by atomic mass is 19.1. The van der Waals surface area contributed by atoms with E-state index in [-0.39, 0.29) is 19.2 Å². The lowest BCUT2D eigenvalue weighted by molar-refractivity contribution is -0.114. The van der Waals surface area contributed by atoms with Crippen LogP contribution in [0.25, 0.3) is 10.9 Å². The third kappa shape index (κ3) is 3.06. The molecule has 30 heavy (non-hydrogen) atoms. The summed E-state index contributed by atoms with van der Waals surface area (Å²) >= 11 is 0. The Kier molecular flexibility index (Phi) is 4.54. The number of hydrogen-bond donors (Lipinski definition) is 2. The van der Waals surface area contributed by atoms with Crippen LogP contribution in [0, 0.1) is 11.7 Å². The predicted octanol–water partition coefficient (Wildman–Crippen LogP) is 2.23. The van der Waals surface area contributed by atoms with Gasteiger partial charge in [-0.3, -0.25) is 14.5 Å². The van der Waals surface area contributed by atoms with Gasteiger partial charge in [-0.05, 0) is 43.7 Å². The van der Waals surface area contributed by atoms with Gasteiger partial charge in [-0.25, -0.2) is 14.4 Å². The second-order valence-corrected chi connectivity index (χ2v) is 8.02. The number of nitrogens with two attached hydrogens (primary N) is 1. The molecule has 3 N–H and O–H groups in total. The fraction of sp³-hybridized carbons (Fsp3) is 0.381. The lowest BCUT2D eigenvalue weighted by Crippen LogP contribution is -2.35. The molecule has 5 rings (SSSR count). The highest BCUT2D eigenvalue weighted by Gasteiger charge is 2.34. The maximum Gasteiger partial charge on any atom is 0.250 e. The van der Waals surface area contributed by atoms with E-state index in [0.29, 0.717) is 28.5 Å². The summed E-state index contributed by atoms with van der Waals surface area (Å²) in [4.78, 5) is 16.1. The van der Waals surface area contributed by atoms with E-state index in [0.717, 1.165) is 31.1 Å². The number of carbonyl (C=O) groups excluding carboxylic acids is 1. The molecule has 0 bridgehead atoms. The van der Waals surface area contributed by atoms with Gasteiger partial charge in [-0.1, -0.05) is 0 Å². The van der Waals surface area contributed by atoms with Crippen LogP contribution >= 0.6 is 0 Å². The standard InChI is InChI=1S/C21H23FN6O2/c22-17-9-18-14(10-26(25-18)15-4-2-13(12-29)3-5-15)8-19(17)28-11-16(20(23)30)21-24-6-1-7-27(21)28/h1,6-10,13,15,29H,2-5,11-12H2,(H2,23,30). The van der Waals surface area contributed by atoms with Gasteiger partial charge < -0.3 is 10.8 Å². The predicted molar refractivity (Wildman–Crippen MR) is 111 cm³/mol.